The van der Waals surface area contributed by atoms with Gasteiger partial charge in [0.05, 0.1) is 12.2 Å². The molecule has 4 saturated carbocycles. The molecular weight excluding hydrogens is 328 g/mol. The number of nitrogens with zero attached hydrogens (tertiary/aromatic N) is 1. The van der Waals surface area contributed by atoms with Crippen molar-refractivity contribution in [3.05, 3.63) is 24.3 Å². The highest BCUT2D eigenvalue weighted by atomic mass is 16.5. The summed E-state index contributed by atoms with van der Waals surface area (Å²) < 4.78 is 5.88. The Morgan fingerprint density at radius 2 is 1.77 bits per heavy atom. The lowest BCUT2D eigenvalue weighted by atomic mass is 9.49. The third-order valence-electron chi connectivity index (χ3n) is 7.07. The Hall–Kier alpha value is -2.04. The van der Waals surface area contributed by atoms with E-state index >= 15 is 0 Å². The molecule has 5 aliphatic rings. The number of nitrogens with one attached hydrogen (secondary N) is 1. The summed E-state index contributed by atoms with van der Waals surface area (Å²) in [6.45, 7) is 0.248. The molecule has 4 fully saturated rings. The first kappa shape index (κ1) is 16.2. The minimum Gasteiger partial charge on any atom is -0.477 e. The van der Waals surface area contributed by atoms with Gasteiger partial charge in [0, 0.05) is 12.5 Å². The van der Waals surface area contributed by atoms with Crippen LogP contribution in [0.5, 0.6) is 5.75 Å². The second-order valence-electron chi connectivity index (χ2n) is 8.88. The van der Waals surface area contributed by atoms with Crippen molar-refractivity contribution in [2.45, 2.75) is 44.6 Å². The Labute approximate surface area is 154 Å². The molecule has 138 valence electrons. The quantitative estimate of drug-likeness (QED) is 0.908. The SMILES string of the molecule is CN1C(=O)C(CNC(=O)C23CC4CC(CC(C4)C2)C3)Oc2ccccc21. The molecule has 1 aliphatic heterocycles. The van der Waals surface area contributed by atoms with Gasteiger partial charge in [-0.3, -0.25) is 9.59 Å². The number of hydrogen-bond donors (Lipinski definition) is 1. The maximum absolute atomic E-state index is 13.1. The summed E-state index contributed by atoms with van der Waals surface area (Å²) in [5.74, 6) is 2.94. The van der Waals surface area contributed by atoms with Crippen LogP contribution in [0.4, 0.5) is 5.69 Å². The second-order valence-corrected chi connectivity index (χ2v) is 8.88. The Bertz CT molecular complexity index is 724. The molecule has 0 radical (unpaired) electrons. The van der Waals surface area contributed by atoms with Crippen LogP contribution in [0.25, 0.3) is 0 Å². The summed E-state index contributed by atoms with van der Waals surface area (Å²) in [4.78, 5) is 27.3. The van der Waals surface area contributed by atoms with Crippen LogP contribution in [0.15, 0.2) is 24.3 Å². The van der Waals surface area contributed by atoms with E-state index in [-0.39, 0.29) is 23.8 Å². The number of rotatable bonds is 3. The predicted molar refractivity (Wildman–Crippen MR) is 97.9 cm³/mol. The van der Waals surface area contributed by atoms with Crippen molar-refractivity contribution in [3.63, 3.8) is 0 Å². The van der Waals surface area contributed by atoms with Gasteiger partial charge < -0.3 is 15.0 Å². The summed E-state index contributed by atoms with van der Waals surface area (Å²) in [7, 11) is 1.76. The molecule has 1 aromatic carbocycles. The van der Waals surface area contributed by atoms with Crippen molar-refractivity contribution < 1.29 is 14.3 Å². The molecule has 1 atom stereocenters. The highest BCUT2D eigenvalue weighted by Crippen LogP contribution is 2.60. The first-order chi connectivity index (χ1) is 12.5. The zero-order valence-corrected chi connectivity index (χ0v) is 15.2. The number of para-hydroxylation sites is 2. The van der Waals surface area contributed by atoms with E-state index < -0.39 is 6.10 Å². The molecule has 5 nitrogen and oxygen atoms in total. The summed E-state index contributed by atoms with van der Waals surface area (Å²) in [6, 6.07) is 7.53. The van der Waals surface area contributed by atoms with E-state index in [1.165, 1.54) is 19.3 Å². The van der Waals surface area contributed by atoms with Crippen molar-refractivity contribution in [2.24, 2.45) is 23.2 Å². The van der Waals surface area contributed by atoms with E-state index in [1.54, 1.807) is 11.9 Å². The van der Waals surface area contributed by atoms with Crippen LogP contribution in [0.1, 0.15) is 38.5 Å². The minimum atomic E-state index is -0.646. The van der Waals surface area contributed by atoms with Crippen LogP contribution in [0.3, 0.4) is 0 Å². The molecule has 0 spiro atoms. The number of likely N-dealkylation sites (N-methyl/N-ethyl adjacent to an activating group) is 1. The fourth-order valence-electron chi connectivity index (χ4n) is 6.26. The summed E-state index contributed by atoms with van der Waals surface area (Å²) in [5, 5.41) is 3.08. The monoisotopic (exact) mass is 354 g/mol. The highest BCUT2D eigenvalue weighted by molar-refractivity contribution is 6.00. The molecule has 1 unspecified atom stereocenters. The van der Waals surface area contributed by atoms with Gasteiger partial charge in [-0.05, 0) is 68.4 Å². The van der Waals surface area contributed by atoms with Crippen LogP contribution in [0, 0.1) is 23.2 Å². The third-order valence-corrected chi connectivity index (χ3v) is 7.07. The molecule has 2 amide bonds. The fourth-order valence-corrected chi connectivity index (χ4v) is 6.26. The van der Waals surface area contributed by atoms with Gasteiger partial charge in [0.2, 0.25) is 5.91 Å². The largest absolute Gasteiger partial charge is 0.477 e. The molecule has 1 N–H and O–H groups in total. The van der Waals surface area contributed by atoms with Crippen molar-refractivity contribution >= 4 is 17.5 Å². The van der Waals surface area contributed by atoms with Gasteiger partial charge in [0.1, 0.15) is 5.75 Å². The number of hydrogen-bond acceptors (Lipinski definition) is 3. The number of ether oxygens (including phenoxy) is 1. The van der Waals surface area contributed by atoms with Crippen LogP contribution in [-0.2, 0) is 9.59 Å². The lowest BCUT2D eigenvalue weighted by Crippen LogP contribution is -2.56. The van der Waals surface area contributed by atoms with E-state index in [0.29, 0.717) is 5.75 Å². The Kier molecular flexibility index (Phi) is 3.56. The lowest BCUT2D eigenvalue weighted by Gasteiger charge is -2.55. The van der Waals surface area contributed by atoms with Crippen LogP contribution in [-0.4, -0.2) is 31.5 Å². The summed E-state index contributed by atoms with van der Waals surface area (Å²) >= 11 is 0. The maximum Gasteiger partial charge on any atom is 0.269 e. The molecule has 4 aliphatic carbocycles. The number of fused-ring (bicyclic) bond motifs is 1. The van der Waals surface area contributed by atoms with Gasteiger partial charge in [0.15, 0.2) is 6.10 Å². The van der Waals surface area contributed by atoms with Gasteiger partial charge in [-0.25, -0.2) is 0 Å². The standard InChI is InChI=1S/C21H26N2O3/c1-23-16-4-2-3-5-17(16)26-18(19(23)24)12-22-20(25)21-9-13-6-14(10-21)8-15(7-13)11-21/h2-5,13-15,18H,6-12H2,1H3,(H,22,25). The smallest absolute Gasteiger partial charge is 0.269 e. The topological polar surface area (TPSA) is 58.6 Å². The first-order valence-corrected chi connectivity index (χ1v) is 9.86. The zero-order valence-electron chi connectivity index (χ0n) is 15.2. The van der Waals surface area contributed by atoms with E-state index in [9.17, 15) is 9.59 Å². The van der Waals surface area contributed by atoms with E-state index in [1.807, 2.05) is 24.3 Å². The molecule has 6 rings (SSSR count). The van der Waals surface area contributed by atoms with Gasteiger partial charge >= 0.3 is 0 Å². The number of benzene rings is 1. The molecule has 5 heteroatoms. The van der Waals surface area contributed by atoms with Gasteiger partial charge in [0.25, 0.3) is 5.91 Å². The van der Waals surface area contributed by atoms with Crippen molar-refractivity contribution in [1.82, 2.24) is 5.32 Å². The third kappa shape index (κ3) is 2.43. The second kappa shape index (κ2) is 5.73. The van der Waals surface area contributed by atoms with Crippen molar-refractivity contribution in [3.8, 4) is 5.75 Å². The molecule has 0 aromatic heterocycles. The first-order valence-electron chi connectivity index (χ1n) is 9.86. The van der Waals surface area contributed by atoms with Crippen molar-refractivity contribution in [1.29, 1.82) is 0 Å². The zero-order chi connectivity index (χ0) is 17.9. The predicted octanol–water partition coefficient (Wildman–Crippen LogP) is 2.74. The molecule has 26 heavy (non-hydrogen) atoms. The molecule has 4 bridgehead atoms. The van der Waals surface area contributed by atoms with Crippen molar-refractivity contribution in [2.75, 3.05) is 18.5 Å². The minimum absolute atomic E-state index is 0.102. The van der Waals surface area contributed by atoms with Gasteiger partial charge in [-0.1, -0.05) is 12.1 Å². The van der Waals surface area contributed by atoms with Crippen LogP contribution < -0.4 is 15.0 Å². The number of amides is 2. The number of carbonyl (C=O) groups excluding carboxylic acids is 2. The highest BCUT2D eigenvalue weighted by Gasteiger charge is 2.54. The Morgan fingerprint density at radius 1 is 1.15 bits per heavy atom. The van der Waals surface area contributed by atoms with Crippen LogP contribution >= 0.6 is 0 Å². The number of carbonyl (C=O) groups is 2. The fraction of sp³-hybridized carbons (Fsp3) is 0.619. The average molecular weight is 354 g/mol. The number of anilines is 1. The van der Waals surface area contributed by atoms with Crippen LogP contribution in [0.2, 0.25) is 0 Å². The van der Waals surface area contributed by atoms with E-state index in [0.717, 1.165) is 42.7 Å². The van der Waals surface area contributed by atoms with Gasteiger partial charge in [-0.2, -0.15) is 0 Å². The van der Waals surface area contributed by atoms with E-state index in [4.69, 9.17) is 4.74 Å². The summed E-state index contributed by atoms with van der Waals surface area (Å²) in [6.07, 6.45) is 6.41. The Balaban J connectivity index is 1.28. The Morgan fingerprint density at radius 3 is 2.42 bits per heavy atom. The summed E-state index contributed by atoms with van der Waals surface area (Å²) in [5.41, 5.74) is 0.595. The maximum atomic E-state index is 13.1. The molecule has 0 saturated heterocycles. The molecule has 1 heterocycles. The van der Waals surface area contributed by atoms with E-state index in [2.05, 4.69) is 5.32 Å². The average Bonchev–Trinajstić information content (AvgIpc) is 2.62. The molecule has 1 aromatic rings. The normalized spacial score (nSPS) is 37.3. The lowest BCUT2D eigenvalue weighted by molar-refractivity contribution is -0.146. The van der Waals surface area contributed by atoms with Gasteiger partial charge in [-0.15, -0.1) is 0 Å². The molecular formula is C21H26N2O3.